The highest BCUT2D eigenvalue weighted by Gasteiger charge is 2.39. The summed E-state index contributed by atoms with van der Waals surface area (Å²) in [5, 5.41) is 3.20. The standard InChI is InChI=1S/C11H15ClN4O/c1-11(2)10(17)14-5-6-16(11)9-7(13)3-4-8(12)15-9/h3-4H,5-6,13H2,1-2H3,(H,14,17). The summed E-state index contributed by atoms with van der Waals surface area (Å²) in [5.74, 6) is 0.530. The molecule has 1 saturated heterocycles. The van der Waals surface area contributed by atoms with Gasteiger partial charge in [-0.2, -0.15) is 0 Å². The summed E-state index contributed by atoms with van der Waals surface area (Å²) in [5.41, 5.74) is 5.74. The van der Waals surface area contributed by atoms with E-state index in [0.717, 1.165) is 0 Å². The number of hydrogen-bond acceptors (Lipinski definition) is 4. The topological polar surface area (TPSA) is 71.2 Å². The molecule has 1 aliphatic rings. The van der Waals surface area contributed by atoms with Gasteiger partial charge in [-0.15, -0.1) is 0 Å². The number of carbonyl (C=O) groups is 1. The predicted octanol–water partition coefficient (Wildman–Crippen LogP) is 1.03. The molecule has 3 N–H and O–H groups in total. The van der Waals surface area contributed by atoms with Crippen molar-refractivity contribution in [2.75, 3.05) is 23.7 Å². The molecule has 6 heteroatoms. The van der Waals surface area contributed by atoms with Gasteiger partial charge in [-0.1, -0.05) is 11.6 Å². The van der Waals surface area contributed by atoms with Crippen molar-refractivity contribution in [3.8, 4) is 0 Å². The number of nitrogens with one attached hydrogen (secondary N) is 1. The molecular formula is C11H15ClN4O. The zero-order valence-corrected chi connectivity index (χ0v) is 10.6. The zero-order chi connectivity index (χ0) is 12.6. The van der Waals surface area contributed by atoms with Gasteiger partial charge in [0.2, 0.25) is 5.91 Å². The quantitative estimate of drug-likeness (QED) is 0.735. The van der Waals surface area contributed by atoms with Crippen LogP contribution in [0.1, 0.15) is 13.8 Å². The summed E-state index contributed by atoms with van der Waals surface area (Å²) in [7, 11) is 0. The Morgan fingerprint density at radius 2 is 2.24 bits per heavy atom. The highest BCUT2D eigenvalue weighted by Crippen LogP contribution is 2.30. The second kappa shape index (κ2) is 4.07. The third kappa shape index (κ3) is 2.02. The van der Waals surface area contributed by atoms with Crippen molar-refractivity contribution in [3.63, 3.8) is 0 Å². The van der Waals surface area contributed by atoms with E-state index in [2.05, 4.69) is 10.3 Å². The van der Waals surface area contributed by atoms with E-state index < -0.39 is 5.54 Å². The maximum absolute atomic E-state index is 11.8. The van der Waals surface area contributed by atoms with Crippen molar-refractivity contribution in [3.05, 3.63) is 17.3 Å². The van der Waals surface area contributed by atoms with Gasteiger partial charge in [0.25, 0.3) is 0 Å². The Kier molecular flexibility index (Phi) is 2.87. The molecule has 1 amide bonds. The van der Waals surface area contributed by atoms with Crippen LogP contribution in [-0.2, 0) is 4.79 Å². The number of hydrogen-bond donors (Lipinski definition) is 2. The van der Waals surface area contributed by atoms with Crippen LogP contribution in [-0.4, -0.2) is 29.5 Å². The van der Waals surface area contributed by atoms with E-state index in [1.54, 1.807) is 12.1 Å². The second-order valence-corrected chi connectivity index (χ2v) is 4.90. The van der Waals surface area contributed by atoms with Crippen LogP contribution in [0.5, 0.6) is 0 Å². The summed E-state index contributed by atoms with van der Waals surface area (Å²) < 4.78 is 0. The van der Waals surface area contributed by atoms with Gasteiger partial charge in [0.1, 0.15) is 10.7 Å². The maximum atomic E-state index is 11.8. The van der Waals surface area contributed by atoms with Crippen LogP contribution in [0.4, 0.5) is 11.5 Å². The summed E-state index contributed by atoms with van der Waals surface area (Å²) in [6.07, 6.45) is 0. The minimum Gasteiger partial charge on any atom is -0.396 e. The van der Waals surface area contributed by atoms with Gasteiger partial charge in [-0.3, -0.25) is 4.79 Å². The smallest absolute Gasteiger partial charge is 0.245 e. The zero-order valence-electron chi connectivity index (χ0n) is 9.83. The third-order valence-corrected chi connectivity index (χ3v) is 3.19. The fourth-order valence-corrected chi connectivity index (χ4v) is 2.07. The molecule has 0 atom stereocenters. The number of nitrogens with zero attached hydrogens (tertiary/aromatic N) is 2. The molecule has 0 unspecified atom stereocenters. The molecule has 5 nitrogen and oxygen atoms in total. The van der Waals surface area contributed by atoms with Crippen LogP contribution >= 0.6 is 11.6 Å². The molecule has 1 fully saturated rings. The third-order valence-electron chi connectivity index (χ3n) is 2.98. The van der Waals surface area contributed by atoms with E-state index in [1.165, 1.54) is 0 Å². The predicted molar refractivity (Wildman–Crippen MR) is 68.1 cm³/mol. The Morgan fingerprint density at radius 1 is 1.53 bits per heavy atom. The van der Waals surface area contributed by atoms with Crippen molar-refractivity contribution in [1.29, 1.82) is 0 Å². The first-order valence-electron chi connectivity index (χ1n) is 5.41. The van der Waals surface area contributed by atoms with E-state index in [9.17, 15) is 4.79 Å². The van der Waals surface area contributed by atoms with E-state index in [0.29, 0.717) is 29.7 Å². The Labute approximate surface area is 105 Å². The molecule has 0 aliphatic carbocycles. The van der Waals surface area contributed by atoms with Crippen LogP contribution in [0.25, 0.3) is 0 Å². The lowest BCUT2D eigenvalue weighted by atomic mass is 9.99. The number of piperazine rings is 1. The van der Waals surface area contributed by atoms with Gasteiger partial charge >= 0.3 is 0 Å². The van der Waals surface area contributed by atoms with Crippen molar-refractivity contribution < 1.29 is 4.79 Å². The van der Waals surface area contributed by atoms with E-state index >= 15 is 0 Å². The molecule has 92 valence electrons. The van der Waals surface area contributed by atoms with E-state index in [-0.39, 0.29) is 5.91 Å². The van der Waals surface area contributed by atoms with Crippen molar-refractivity contribution >= 4 is 29.0 Å². The molecule has 0 radical (unpaired) electrons. The van der Waals surface area contributed by atoms with Crippen LogP contribution in [0.2, 0.25) is 5.15 Å². The number of carbonyl (C=O) groups excluding carboxylic acids is 1. The molecule has 1 aromatic heterocycles. The van der Waals surface area contributed by atoms with Crippen LogP contribution in [0.15, 0.2) is 12.1 Å². The van der Waals surface area contributed by atoms with Gasteiger partial charge < -0.3 is 16.0 Å². The number of halogens is 1. The minimum atomic E-state index is -0.677. The first kappa shape index (κ1) is 12.0. The lowest BCUT2D eigenvalue weighted by Gasteiger charge is -2.42. The average molecular weight is 255 g/mol. The molecule has 0 saturated carbocycles. The van der Waals surface area contributed by atoms with Crippen molar-refractivity contribution in [2.45, 2.75) is 19.4 Å². The number of rotatable bonds is 1. The van der Waals surface area contributed by atoms with E-state index in [4.69, 9.17) is 17.3 Å². The molecule has 0 aromatic carbocycles. The molecular weight excluding hydrogens is 240 g/mol. The van der Waals surface area contributed by atoms with Crippen molar-refractivity contribution in [1.82, 2.24) is 10.3 Å². The number of amides is 1. The Bertz CT molecular complexity index is 461. The van der Waals surface area contributed by atoms with E-state index in [1.807, 2.05) is 18.7 Å². The van der Waals surface area contributed by atoms with Gasteiger partial charge in [-0.05, 0) is 26.0 Å². The van der Waals surface area contributed by atoms with Gasteiger partial charge in [0.15, 0.2) is 5.82 Å². The van der Waals surface area contributed by atoms with Gasteiger partial charge in [-0.25, -0.2) is 4.98 Å². The highest BCUT2D eigenvalue weighted by molar-refractivity contribution is 6.29. The molecule has 0 spiro atoms. The van der Waals surface area contributed by atoms with Crippen LogP contribution < -0.4 is 16.0 Å². The summed E-state index contributed by atoms with van der Waals surface area (Å²) in [6.45, 7) is 4.92. The SMILES string of the molecule is CC1(C)C(=O)NCCN1c1nc(Cl)ccc1N. The van der Waals surface area contributed by atoms with Crippen molar-refractivity contribution in [2.24, 2.45) is 0 Å². The summed E-state index contributed by atoms with van der Waals surface area (Å²) >= 11 is 5.87. The molecule has 2 rings (SSSR count). The van der Waals surface area contributed by atoms with Crippen LogP contribution in [0.3, 0.4) is 0 Å². The number of pyridine rings is 1. The first-order chi connectivity index (χ1) is 7.93. The molecule has 17 heavy (non-hydrogen) atoms. The monoisotopic (exact) mass is 254 g/mol. The number of aromatic nitrogens is 1. The lowest BCUT2D eigenvalue weighted by molar-refractivity contribution is -0.126. The molecule has 1 aliphatic heterocycles. The highest BCUT2D eigenvalue weighted by atomic mass is 35.5. The Hall–Kier alpha value is -1.49. The lowest BCUT2D eigenvalue weighted by Crippen LogP contribution is -2.62. The number of anilines is 2. The average Bonchev–Trinajstić information content (AvgIpc) is 2.26. The Balaban J connectivity index is 2.44. The maximum Gasteiger partial charge on any atom is 0.245 e. The molecule has 0 bridgehead atoms. The fraction of sp³-hybridized carbons (Fsp3) is 0.455. The summed E-state index contributed by atoms with van der Waals surface area (Å²) in [6, 6.07) is 3.34. The number of nitrogens with two attached hydrogens (primary N) is 1. The van der Waals surface area contributed by atoms with Gasteiger partial charge in [0.05, 0.1) is 5.69 Å². The fourth-order valence-electron chi connectivity index (χ4n) is 1.92. The summed E-state index contributed by atoms with van der Waals surface area (Å²) in [4.78, 5) is 17.9. The van der Waals surface area contributed by atoms with Gasteiger partial charge in [0, 0.05) is 13.1 Å². The Morgan fingerprint density at radius 3 is 2.94 bits per heavy atom. The molecule has 2 heterocycles. The number of nitrogen functional groups attached to an aromatic ring is 1. The minimum absolute atomic E-state index is 0.0371. The first-order valence-corrected chi connectivity index (χ1v) is 5.78. The second-order valence-electron chi connectivity index (χ2n) is 4.51. The van der Waals surface area contributed by atoms with Crippen LogP contribution in [0, 0.1) is 0 Å². The normalized spacial score (nSPS) is 19.0. The molecule has 1 aromatic rings. The largest absolute Gasteiger partial charge is 0.396 e.